The number of benzene rings is 1. The smallest absolute Gasteiger partial charge is 0.255 e. The molecule has 1 aromatic rings. The van der Waals surface area contributed by atoms with Crippen molar-refractivity contribution in [2.75, 3.05) is 12.3 Å². The van der Waals surface area contributed by atoms with Gasteiger partial charge in [-0.1, -0.05) is 24.3 Å². The van der Waals surface area contributed by atoms with E-state index in [2.05, 4.69) is 10.0 Å². The Morgan fingerprint density at radius 3 is 2.89 bits per heavy atom. The number of carbonyl (C=O) groups excluding carboxylic acids is 1. The number of carbonyl (C=O) groups is 1. The zero-order chi connectivity index (χ0) is 13.2. The fourth-order valence-electron chi connectivity index (χ4n) is 2.02. The van der Waals surface area contributed by atoms with Crippen LogP contribution in [0.2, 0.25) is 0 Å². The van der Waals surface area contributed by atoms with E-state index in [-0.39, 0.29) is 5.75 Å². The van der Waals surface area contributed by atoms with E-state index in [1.165, 1.54) is 6.92 Å². The summed E-state index contributed by atoms with van der Waals surface area (Å²) in [6.07, 6.45) is 0.848. The van der Waals surface area contributed by atoms with Gasteiger partial charge in [-0.3, -0.25) is 9.52 Å². The van der Waals surface area contributed by atoms with Crippen molar-refractivity contribution in [1.29, 1.82) is 0 Å². The Morgan fingerprint density at radius 1 is 1.44 bits per heavy atom. The SMILES string of the molecule is CCS(=O)(=O)NC(=O)C1NCCc2ccccc21. The first-order chi connectivity index (χ1) is 8.53. The van der Waals surface area contributed by atoms with Gasteiger partial charge >= 0.3 is 0 Å². The molecule has 18 heavy (non-hydrogen) atoms. The lowest BCUT2D eigenvalue weighted by atomic mass is 9.94. The second-order valence-electron chi connectivity index (χ2n) is 4.21. The maximum absolute atomic E-state index is 12.0. The number of rotatable bonds is 3. The summed E-state index contributed by atoms with van der Waals surface area (Å²) in [4.78, 5) is 12.0. The Morgan fingerprint density at radius 2 is 2.17 bits per heavy atom. The van der Waals surface area contributed by atoms with Crippen molar-refractivity contribution < 1.29 is 13.2 Å². The molecule has 0 fully saturated rings. The molecule has 1 heterocycles. The average molecular weight is 268 g/mol. The normalized spacial score (nSPS) is 19.1. The Kier molecular flexibility index (Phi) is 3.68. The maximum atomic E-state index is 12.0. The summed E-state index contributed by atoms with van der Waals surface area (Å²) in [5.41, 5.74) is 1.94. The molecule has 0 spiro atoms. The highest BCUT2D eigenvalue weighted by Crippen LogP contribution is 2.22. The summed E-state index contributed by atoms with van der Waals surface area (Å²) in [6, 6.07) is 6.99. The number of hydrogen-bond donors (Lipinski definition) is 2. The predicted molar refractivity (Wildman–Crippen MR) is 68.5 cm³/mol. The van der Waals surface area contributed by atoms with Gasteiger partial charge in [0.2, 0.25) is 10.0 Å². The monoisotopic (exact) mass is 268 g/mol. The molecule has 1 atom stereocenters. The zero-order valence-electron chi connectivity index (χ0n) is 10.1. The summed E-state index contributed by atoms with van der Waals surface area (Å²) >= 11 is 0. The van der Waals surface area contributed by atoms with Crippen LogP contribution in [0.4, 0.5) is 0 Å². The third kappa shape index (κ3) is 2.70. The van der Waals surface area contributed by atoms with E-state index < -0.39 is 22.0 Å². The van der Waals surface area contributed by atoms with Gasteiger partial charge in [-0.05, 0) is 24.5 Å². The second-order valence-corrected chi connectivity index (χ2v) is 6.22. The number of amides is 1. The van der Waals surface area contributed by atoms with Gasteiger partial charge in [-0.25, -0.2) is 8.42 Å². The standard InChI is InChI=1S/C12H16N2O3S/c1-2-18(16,17)14-12(15)11-10-6-4-3-5-9(10)7-8-13-11/h3-6,11,13H,2,7-8H2,1H3,(H,14,15). The molecule has 0 saturated heterocycles. The maximum Gasteiger partial charge on any atom is 0.255 e. The third-order valence-electron chi connectivity index (χ3n) is 3.01. The Labute approximate surface area is 107 Å². The molecule has 0 radical (unpaired) electrons. The summed E-state index contributed by atoms with van der Waals surface area (Å²) in [5, 5.41) is 3.05. The molecule has 5 nitrogen and oxygen atoms in total. The minimum atomic E-state index is -3.51. The van der Waals surface area contributed by atoms with Gasteiger partial charge in [0.15, 0.2) is 0 Å². The van der Waals surface area contributed by atoms with E-state index in [4.69, 9.17) is 0 Å². The van der Waals surface area contributed by atoms with Crippen LogP contribution in [0.1, 0.15) is 24.1 Å². The molecular weight excluding hydrogens is 252 g/mol. The van der Waals surface area contributed by atoms with Crippen LogP contribution in [0.3, 0.4) is 0 Å². The summed E-state index contributed by atoms with van der Waals surface area (Å²) < 4.78 is 24.9. The van der Waals surface area contributed by atoms with E-state index in [1.54, 1.807) is 0 Å². The van der Waals surface area contributed by atoms with Crippen LogP contribution in [0.15, 0.2) is 24.3 Å². The minimum absolute atomic E-state index is 0.104. The zero-order valence-corrected chi connectivity index (χ0v) is 11.0. The fourth-order valence-corrected chi connectivity index (χ4v) is 2.59. The third-order valence-corrected chi connectivity index (χ3v) is 4.28. The van der Waals surface area contributed by atoms with E-state index in [0.717, 1.165) is 17.5 Å². The van der Waals surface area contributed by atoms with E-state index in [1.807, 2.05) is 24.3 Å². The lowest BCUT2D eigenvalue weighted by Gasteiger charge is -2.25. The molecule has 1 unspecified atom stereocenters. The predicted octanol–water partition coefficient (Wildman–Crippen LogP) is 0.339. The van der Waals surface area contributed by atoms with Crippen LogP contribution in [0.25, 0.3) is 0 Å². The lowest BCUT2D eigenvalue weighted by Crippen LogP contribution is -2.43. The molecule has 0 aromatic heterocycles. The Balaban J connectivity index is 2.23. The molecule has 1 aliphatic rings. The highest BCUT2D eigenvalue weighted by molar-refractivity contribution is 7.90. The van der Waals surface area contributed by atoms with Gasteiger partial charge in [0.25, 0.3) is 5.91 Å². The van der Waals surface area contributed by atoms with Crippen molar-refractivity contribution in [3.05, 3.63) is 35.4 Å². The first-order valence-electron chi connectivity index (χ1n) is 5.89. The number of hydrogen-bond acceptors (Lipinski definition) is 4. The average Bonchev–Trinajstić information content (AvgIpc) is 2.37. The fraction of sp³-hybridized carbons (Fsp3) is 0.417. The van der Waals surface area contributed by atoms with Gasteiger partial charge < -0.3 is 5.32 Å². The van der Waals surface area contributed by atoms with Crippen LogP contribution in [-0.4, -0.2) is 26.6 Å². The molecule has 2 N–H and O–H groups in total. The van der Waals surface area contributed by atoms with Gasteiger partial charge in [-0.2, -0.15) is 0 Å². The van der Waals surface area contributed by atoms with Crippen molar-refractivity contribution in [2.24, 2.45) is 0 Å². The molecule has 0 saturated carbocycles. The molecule has 6 heteroatoms. The van der Waals surface area contributed by atoms with E-state index in [0.29, 0.717) is 6.54 Å². The van der Waals surface area contributed by atoms with Gasteiger partial charge in [-0.15, -0.1) is 0 Å². The lowest BCUT2D eigenvalue weighted by molar-refractivity contribution is -0.121. The van der Waals surface area contributed by atoms with Crippen molar-refractivity contribution in [1.82, 2.24) is 10.0 Å². The van der Waals surface area contributed by atoms with Crippen LogP contribution in [0, 0.1) is 0 Å². The molecule has 2 rings (SSSR count). The first-order valence-corrected chi connectivity index (χ1v) is 7.54. The molecule has 0 bridgehead atoms. The van der Waals surface area contributed by atoms with Gasteiger partial charge in [0, 0.05) is 6.54 Å². The van der Waals surface area contributed by atoms with Crippen LogP contribution in [-0.2, 0) is 21.2 Å². The van der Waals surface area contributed by atoms with Crippen LogP contribution < -0.4 is 10.0 Å². The quantitative estimate of drug-likeness (QED) is 0.829. The van der Waals surface area contributed by atoms with E-state index >= 15 is 0 Å². The highest BCUT2D eigenvalue weighted by atomic mass is 32.2. The van der Waals surface area contributed by atoms with Crippen LogP contribution >= 0.6 is 0 Å². The molecule has 0 aliphatic carbocycles. The number of nitrogens with one attached hydrogen (secondary N) is 2. The second kappa shape index (κ2) is 5.07. The Bertz CT molecular complexity index is 554. The molecule has 1 aromatic carbocycles. The minimum Gasteiger partial charge on any atom is -0.302 e. The molecule has 1 amide bonds. The van der Waals surface area contributed by atoms with Crippen molar-refractivity contribution in [3.8, 4) is 0 Å². The van der Waals surface area contributed by atoms with Crippen LogP contribution in [0.5, 0.6) is 0 Å². The first kappa shape index (κ1) is 13.0. The molecular formula is C12H16N2O3S. The van der Waals surface area contributed by atoms with Crippen molar-refractivity contribution in [3.63, 3.8) is 0 Å². The summed E-state index contributed by atoms with van der Waals surface area (Å²) in [7, 11) is -3.51. The van der Waals surface area contributed by atoms with Crippen molar-refractivity contribution >= 4 is 15.9 Å². The van der Waals surface area contributed by atoms with Gasteiger partial charge in [0.05, 0.1) is 5.75 Å². The highest BCUT2D eigenvalue weighted by Gasteiger charge is 2.27. The number of fused-ring (bicyclic) bond motifs is 1. The summed E-state index contributed by atoms with van der Waals surface area (Å²) in [6.45, 7) is 2.17. The largest absolute Gasteiger partial charge is 0.302 e. The van der Waals surface area contributed by atoms with Crippen molar-refractivity contribution in [2.45, 2.75) is 19.4 Å². The van der Waals surface area contributed by atoms with E-state index in [9.17, 15) is 13.2 Å². The topological polar surface area (TPSA) is 75.3 Å². The summed E-state index contributed by atoms with van der Waals surface area (Å²) in [5.74, 6) is -0.614. The van der Waals surface area contributed by atoms with Gasteiger partial charge in [0.1, 0.15) is 6.04 Å². The Hall–Kier alpha value is -1.40. The molecule has 1 aliphatic heterocycles. The molecule has 98 valence electrons. The number of sulfonamides is 1.